The van der Waals surface area contributed by atoms with Gasteiger partial charge in [-0.2, -0.15) is 5.10 Å². The molecule has 4 nitrogen and oxygen atoms in total. The number of pyridine rings is 1. The Kier molecular flexibility index (Phi) is 0.887. The summed E-state index contributed by atoms with van der Waals surface area (Å²) in [7, 11) is 0. The van der Waals surface area contributed by atoms with Crippen molar-refractivity contribution in [3.8, 4) is 11.4 Å². The molecule has 2 heterocycles. The van der Waals surface area contributed by atoms with Gasteiger partial charge in [-0.1, -0.05) is 0 Å². The molecular formula is C6H6N4. The van der Waals surface area contributed by atoms with Crippen molar-refractivity contribution in [2.45, 2.75) is 0 Å². The van der Waals surface area contributed by atoms with E-state index in [1.165, 1.54) is 0 Å². The Morgan fingerprint density at radius 2 is 2.30 bits per heavy atom. The zero-order chi connectivity index (χ0) is 6.97. The number of hydrogen-bond donors (Lipinski definition) is 2. The van der Waals surface area contributed by atoms with E-state index in [0.29, 0.717) is 5.82 Å². The van der Waals surface area contributed by atoms with E-state index in [2.05, 4.69) is 15.2 Å². The van der Waals surface area contributed by atoms with Crippen LogP contribution in [0.1, 0.15) is 0 Å². The van der Waals surface area contributed by atoms with E-state index in [9.17, 15) is 0 Å². The first kappa shape index (κ1) is 5.22. The fourth-order valence-corrected chi connectivity index (χ4v) is 0.854. The minimum Gasteiger partial charge on any atom is -0.385 e. The topological polar surface area (TPSA) is 67.6 Å². The normalized spacial score (nSPS) is 10.4. The molecule has 4 heteroatoms. The van der Waals surface area contributed by atoms with Gasteiger partial charge in [-0.15, -0.1) is 5.10 Å². The molecule has 0 aliphatic carbocycles. The van der Waals surface area contributed by atoms with E-state index in [-0.39, 0.29) is 0 Å². The molecule has 50 valence electrons. The Morgan fingerprint density at radius 1 is 1.40 bits per heavy atom. The molecule has 2 rings (SSSR count). The molecule has 0 amide bonds. The Hall–Kier alpha value is -1.58. The highest BCUT2D eigenvalue weighted by molar-refractivity contribution is 5.57. The third-order valence-corrected chi connectivity index (χ3v) is 1.33. The van der Waals surface area contributed by atoms with Crippen molar-refractivity contribution in [1.82, 2.24) is 15.2 Å². The quantitative estimate of drug-likeness (QED) is 0.551. The van der Waals surface area contributed by atoms with Crippen molar-refractivity contribution < 1.29 is 0 Å². The minimum absolute atomic E-state index is 0.627. The number of nitrogen functional groups attached to an aromatic ring is 1. The van der Waals surface area contributed by atoms with E-state index < -0.39 is 0 Å². The molecule has 2 aliphatic rings. The second-order valence-electron chi connectivity index (χ2n) is 2.06. The standard InChI is InChI=1S/C6H6N4/c7-6-2-1-4-5(9-6)3-8-10-4/h1-3,9H,7H2. The number of H-pyrrole nitrogens is 1. The highest BCUT2D eigenvalue weighted by Gasteiger charge is 2.02. The first-order valence-corrected chi connectivity index (χ1v) is 2.92. The Bertz CT molecular complexity index is 314. The van der Waals surface area contributed by atoms with Gasteiger partial charge >= 0.3 is 0 Å². The molecule has 0 aromatic carbocycles. The second-order valence-corrected chi connectivity index (χ2v) is 2.06. The number of fused-ring (bicyclic) bond motifs is 1. The maximum Gasteiger partial charge on any atom is 0.111 e. The summed E-state index contributed by atoms with van der Waals surface area (Å²) >= 11 is 0. The maximum absolute atomic E-state index is 5.47. The number of rotatable bonds is 0. The van der Waals surface area contributed by atoms with Gasteiger partial charge in [0.1, 0.15) is 11.5 Å². The van der Waals surface area contributed by atoms with Gasteiger partial charge in [0.2, 0.25) is 0 Å². The van der Waals surface area contributed by atoms with Gasteiger partial charge in [0.25, 0.3) is 0 Å². The van der Waals surface area contributed by atoms with Crippen LogP contribution in [0.15, 0.2) is 18.3 Å². The molecular weight excluding hydrogens is 128 g/mol. The summed E-state index contributed by atoms with van der Waals surface area (Å²) in [5, 5.41) is 7.53. The number of nitrogens with two attached hydrogens (primary N) is 1. The van der Waals surface area contributed by atoms with E-state index in [4.69, 9.17) is 5.73 Å². The third-order valence-electron chi connectivity index (χ3n) is 1.33. The van der Waals surface area contributed by atoms with E-state index >= 15 is 0 Å². The average Bonchev–Trinajstić information content (AvgIpc) is 2.33. The van der Waals surface area contributed by atoms with Crippen LogP contribution in [0.25, 0.3) is 11.4 Å². The fourth-order valence-electron chi connectivity index (χ4n) is 0.854. The lowest BCUT2D eigenvalue weighted by molar-refractivity contribution is 1.10. The van der Waals surface area contributed by atoms with Gasteiger partial charge in [-0.25, -0.2) is 0 Å². The van der Waals surface area contributed by atoms with Crippen molar-refractivity contribution in [2.24, 2.45) is 0 Å². The third kappa shape index (κ3) is 0.621. The van der Waals surface area contributed by atoms with Gasteiger partial charge in [-0.05, 0) is 12.1 Å². The van der Waals surface area contributed by atoms with E-state index in [1.54, 1.807) is 12.3 Å². The van der Waals surface area contributed by atoms with Crippen LogP contribution in [-0.4, -0.2) is 15.2 Å². The van der Waals surface area contributed by atoms with Gasteiger partial charge in [0.15, 0.2) is 0 Å². The predicted molar refractivity (Wildman–Crippen MR) is 37.4 cm³/mol. The molecule has 0 saturated carbocycles. The molecule has 0 unspecified atom stereocenters. The van der Waals surface area contributed by atoms with Crippen molar-refractivity contribution in [2.75, 3.05) is 5.73 Å². The summed E-state index contributed by atoms with van der Waals surface area (Å²) in [6, 6.07) is 3.59. The molecule has 3 N–H and O–H groups in total. The number of anilines is 1. The SMILES string of the molecule is Nc1ccc2nncc-2[nH]1. The molecule has 10 heavy (non-hydrogen) atoms. The first-order chi connectivity index (χ1) is 4.86. The average molecular weight is 134 g/mol. The van der Waals surface area contributed by atoms with Crippen LogP contribution in [0, 0.1) is 0 Å². The smallest absolute Gasteiger partial charge is 0.111 e. The van der Waals surface area contributed by atoms with Crippen LogP contribution in [0.4, 0.5) is 5.82 Å². The van der Waals surface area contributed by atoms with Crippen molar-refractivity contribution in [3.63, 3.8) is 0 Å². The minimum atomic E-state index is 0.627. The zero-order valence-electron chi connectivity index (χ0n) is 5.20. The molecule has 0 aromatic rings. The molecule has 0 spiro atoms. The lowest BCUT2D eigenvalue weighted by Crippen LogP contribution is -1.90. The van der Waals surface area contributed by atoms with Crippen LogP contribution in [-0.2, 0) is 0 Å². The number of aromatic nitrogens is 3. The first-order valence-electron chi connectivity index (χ1n) is 2.92. The van der Waals surface area contributed by atoms with E-state index in [1.807, 2.05) is 6.07 Å². The van der Waals surface area contributed by atoms with Gasteiger partial charge in [-0.3, -0.25) is 0 Å². The van der Waals surface area contributed by atoms with Crippen molar-refractivity contribution in [3.05, 3.63) is 18.3 Å². The van der Waals surface area contributed by atoms with Crippen LogP contribution in [0.5, 0.6) is 0 Å². The summed E-state index contributed by atoms with van der Waals surface area (Å²) in [5.41, 5.74) is 7.19. The Balaban J connectivity index is 2.75. The molecule has 0 aromatic heterocycles. The monoisotopic (exact) mass is 134 g/mol. The fraction of sp³-hybridized carbons (Fsp3) is 0. The van der Waals surface area contributed by atoms with Crippen molar-refractivity contribution in [1.29, 1.82) is 0 Å². The largest absolute Gasteiger partial charge is 0.385 e. The number of hydrogen-bond acceptors (Lipinski definition) is 3. The number of nitrogens with zero attached hydrogens (tertiary/aromatic N) is 2. The van der Waals surface area contributed by atoms with Crippen LogP contribution >= 0.6 is 0 Å². The summed E-state index contributed by atoms with van der Waals surface area (Å²) in [4.78, 5) is 2.92. The summed E-state index contributed by atoms with van der Waals surface area (Å²) in [6.45, 7) is 0. The van der Waals surface area contributed by atoms with Crippen LogP contribution in [0.3, 0.4) is 0 Å². The predicted octanol–water partition coefficient (Wildman–Crippen LogP) is 0.492. The lowest BCUT2D eigenvalue weighted by atomic mass is 10.3. The molecule has 0 radical (unpaired) electrons. The Morgan fingerprint density at radius 3 is 3.20 bits per heavy atom. The molecule has 0 fully saturated rings. The summed E-state index contributed by atoms with van der Waals surface area (Å²) < 4.78 is 0. The number of nitrogens with one attached hydrogen (secondary N) is 1. The molecule has 0 bridgehead atoms. The maximum atomic E-state index is 5.47. The summed E-state index contributed by atoms with van der Waals surface area (Å²) in [6.07, 6.45) is 1.64. The van der Waals surface area contributed by atoms with Gasteiger partial charge in [0.05, 0.1) is 11.9 Å². The lowest BCUT2D eigenvalue weighted by Gasteiger charge is -1.96. The highest BCUT2D eigenvalue weighted by Crippen LogP contribution is 2.15. The zero-order valence-corrected chi connectivity index (χ0v) is 5.20. The molecule has 0 saturated heterocycles. The summed E-state index contributed by atoms with van der Waals surface area (Å²) in [5.74, 6) is 0.627. The van der Waals surface area contributed by atoms with Gasteiger partial charge in [0, 0.05) is 0 Å². The Labute approximate surface area is 57.4 Å². The highest BCUT2D eigenvalue weighted by atomic mass is 15.1. The number of aromatic amines is 1. The van der Waals surface area contributed by atoms with E-state index in [0.717, 1.165) is 11.4 Å². The van der Waals surface area contributed by atoms with Crippen molar-refractivity contribution >= 4 is 5.82 Å². The second kappa shape index (κ2) is 1.70. The van der Waals surface area contributed by atoms with Crippen LogP contribution < -0.4 is 5.73 Å². The molecule has 0 atom stereocenters. The molecule has 2 aliphatic heterocycles. The van der Waals surface area contributed by atoms with Gasteiger partial charge < -0.3 is 10.7 Å². The van der Waals surface area contributed by atoms with Crippen LogP contribution in [0.2, 0.25) is 0 Å².